The number of benzene rings is 10. The van der Waals surface area contributed by atoms with Crippen molar-refractivity contribution < 1.29 is 4.42 Å². The number of hydrogen-bond donors (Lipinski definition) is 0. The lowest BCUT2D eigenvalue weighted by atomic mass is 9.82. The summed E-state index contributed by atoms with van der Waals surface area (Å²) in [6, 6.07) is 66.3. The third-order valence-corrected chi connectivity index (χ3v) is 10.8. The molecule has 0 aliphatic rings. The topological polar surface area (TPSA) is 13.1 Å². The van der Waals surface area contributed by atoms with E-state index in [0.29, 0.717) is 0 Å². The highest BCUT2D eigenvalue weighted by molar-refractivity contribution is 6.29. The van der Waals surface area contributed by atoms with Crippen molar-refractivity contribution in [1.29, 1.82) is 0 Å². The normalized spacial score (nSPS) is 11.9. The number of fused-ring (bicyclic) bond motifs is 10. The molecule has 1 heteroatoms. The summed E-state index contributed by atoms with van der Waals surface area (Å²) in [7, 11) is 0. The summed E-state index contributed by atoms with van der Waals surface area (Å²) in [6.45, 7) is 0. The van der Waals surface area contributed by atoms with Gasteiger partial charge >= 0.3 is 0 Å². The van der Waals surface area contributed by atoms with E-state index in [1.807, 2.05) is 0 Å². The Morgan fingerprint density at radius 2 is 0.843 bits per heavy atom. The second-order valence-corrected chi connectivity index (χ2v) is 13.6. The Balaban J connectivity index is 1.29. The summed E-state index contributed by atoms with van der Waals surface area (Å²) in [4.78, 5) is 0. The average molecular weight is 647 g/mol. The van der Waals surface area contributed by atoms with Gasteiger partial charge in [-0.3, -0.25) is 0 Å². The quantitative estimate of drug-likeness (QED) is 0.138. The van der Waals surface area contributed by atoms with E-state index in [9.17, 15) is 0 Å². The highest BCUT2D eigenvalue weighted by Crippen LogP contribution is 2.49. The number of furan rings is 1. The highest BCUT2D eigenvalue weighted by atomic mass is 16.3. The van der Waals surface area contributed by atoms with E-state index in [1.54, 1.807) is 0 Å². The lowest BCUT2D eigenvalue weighted by molar-refractivity contribution is 0.673. The van der Waals surface area contributed by atoms with Crippen LogP contribution in [0.25, 0.3) is 109 Å². The number of rotatable bonds is 3. The summed E-state index contributed by atoms with van der Waals surface area (Å²) >= 11 is 0. The van der Waals surface area contributed by atoms with Crippen LogP contribution in [0.15, 0.2) is 186 Å². The lowest BCUT2D eigenvalue weighted by Gasteiger charge is -2.20. The maximum absolute atomic E-state index is 6.68. The first-order chi connectivity index (χ1) is 25.3. The minimum Gasteiger partial charge on any atom is -0.455 e. The predicted molar refractivity (Wildman–Crippen MR) is 218 cm³/mol. The molecule has 10 aromatic carbocycles. The Bertz CT molecular complexity index is 3130. The first kappa shape index (κ1) is 28.2. The third-order valence-electron chi connectivity index (χ3n) is 10.8. The highest BCUT2D eigenvalue weighted by Gasteiger charge is 2.22. The molecule has 0 bridgehead atoms. The van der Waals surface area contributed by atoms with E-state index >= 15 is 0 Å². The fraction of sp³-hybridized carbons (Fsp3) is 0. The van der Waals surface area contributed by atoms with E-state index < -0.39 is 0 Å². The van der Waals surface area contributed by atoms with Crippen molar-refractivity contribution in [2.24, 2.45) is 0 Å². The molecule has 11 rings (SSSR count). The minimum atomic E-state index is 0.907. The molecule has 0 fully saturated rings. The second kappa shape index (κ2) is 10.9. The Morgan fingerprint density at radius 1 is 0.294 bits per heavy atom. The molecule has 1 heterocycles. The Hall–Kier alpha value is -6.70. The van der Waals surface area contributed by atoms with E-state index in [4.69, 9.17) is 4.42 Å². The smallest absolute Gasteiger partial charge is 0.143 e. The average Bonchev–Trinajstić information content (AvgIpc) is 3.60. The minimum absolute atomic E-state index is 0.907. The second-order valence-electron chi connectivity index (χ2n) is 13.6. The molecule has 1 aromatic heterocycles. The van der Waals surface area contributed by atoms with Gasteiger partial charge in [0.2, 0.25) is 0 Å². The van der Waals surface area contributed by atoms with E-state index in [0.717, 1.165) is 27.3 Å². The van der Waals surface area contributed by atoms with Gasteiger partial charge in [0.15, 0.2) is 0 Å². The zero-order valence-corrected chi connectivity index (χ0v) is 27.7. The Kier molecular flexibility index (Phi) is 6.02. The third kappa shape index (κ3) is 4.16. The molecule has 236 valence electrons. The van der Waals surface area contributed by atoms with Crippen molar-refractivity contribution in [3.05, 3.63) is 182 Å². The van der Waals surface area contributed by atoms with Crippen molar-refractivity contribution in [3.8, 4) is 33.4 Å². The number of hydrogen-bond acceptors (Lipinski definition) is 1. The van der Waals surface area contributed by atoms with Crippen LogP contribution in [0.4, 0.5) is 0 Å². The summed E-state index contributed by atoms with van der Waals surface area (Å²) in [5, 5.41) is 14.6. The van der Waals surface area contributed by atoms with Crippen LogP contribution >= 0.6 is 0 Å². The van der Waals surface area contributed by atoms with Crippen LogP contribution in [0.2, 0.25) is 0 Å². The van der Waals surface area contributed by atoms with Gasteiger partial charge in [0.05, 0.1) is 0 Å². The van der Waals surface area contributed by atoms with Gasteiger partial charge in [0.25, 0.3) is 0 Å². The van der Waals surface area contributed by atoms with Crippen molar-refractivity contribution in [2.45, 2.75) is 0 Å². The Morgan fingerprint density at radius 3 is 1.53 bits per heavy atom. The summed E-state index contributed by atoms with van der Waals surface area (Å²) in [6.07, 6.45) is 0. The monoisotopic (exact) mass is 646 g/mol. The van der Waals surface area contributed by atoms with Crippen molar-refractivity contribution in [2.75, 3.05) is 0 Å². The molecule has 0 spiro atoms. The summed E-state index contributed by atoms with van der Waals surface area (Å²) in [5.74, 6) is 0. The molecule has 0 aliphatic carbocycles. The molecule has 51 heavy (non-hydrogen) atoms. The van der Waals surface area contributed by atoms with Gasteiger partial charge in [-0.1, -0.05) is 158 Å². The predicted octanol–water partition coefficient (Wildman–Crippen LogP) is 14.4. The van der Waals surface area contributed by atoms with Crippen LogP contribution in [0.1, 0.15) is 0 Å². The molecule has 11 aromatic rings. The standard InChI is InChI=1S/C50H30O/c1-2-13-31(14-3-1)34-29-44-35-17-6-4-15-32(35)25-27-37(44)45(30-34)48-40-21-10-8-19-38(40)47(39-20-9-11-22-41(39)48)42-23-12-24-46-49(42)43-28-26-33-16-5-7-18-36(33)50(43)51-46/h1-30H. The molecular formula is C50H30O. The molecule has 1 nitrogen and oxygen atoms in total. The molecule has 0 saturated carbocycles. The van der Waals surface area contributed by atoms with E-state index in [2.05, 4.69) is 182 Å². The summed E-state index contributed by atoms with van der Waals surface area (Å²) < 4.78 is 6.68. The van der Waals surface area contributed by atoms with Gasteiger partial charge in [0.1, 0.15) is 11.2 Å². The van der Waals surface area contributed by atoms with Crippen LogP contribution in [-0.2, 0) is 0 Å². The molecular weight excluding hydrogens is 617 g/mol. The van der Waals surface area contributed by atoms with Crippen LogP contribution in [0.5, 0.6) is 0 Å². The fourth-order valence-electron chi connectivity index (χ4n) is 8.59. The van der Waals surface area contributed by atoms with Crippen LogP contribution in [0, 0.1) is 0 Å². The molecule has 0 unspecified atom stereocenters. The molecule has 0 aliphatic heterocycles. The van der Waals surface area contributed by atoms with Crippen molar-refractivity contribution in [3.63, 3.8) is 0 Å². The molecule has 0 radical (unpaired) electrons. The first-order valence-corrected chi connectivity index (χ1v) is 17.6. The van der Waals surface area contributed by atoms with Gasteiger partial charge in [-0.2, -0.15) is 0 Å². The molecule has 0 atom stereocenters. The van der Waals surface area contributed by atoms with Crippen molar-refractivity contribution >= 4 is 75.8 Å². The van der Waals surface area contributed by atoms with Crippen LogP contribution in [-0.4, -0.2) is 0 Å². The largest absolute Gasteiger partial charge is 0.455 e. The van der Waals surface area contributed by atoms with Gasteiger partial charge in [-0.25, -0.2) is 0 Å². The molecule has 0 saturated heterocycles. The van der Waals surface area contributed by atoms with E-state index in [1.165, 1.54) is 81.9 Å². The lowest BCUT2D eigenvalue weighted by Crippen LogP contribution is -1.93. The maximum Gasteiger partial charge on any atom is 0.143 e. The van der Waals surface area contributed by atoms with Gasteiger partial charge in [-0.05, 0) is 106 Å². The fourth-order valence-corrected chi connectivity index (χ4v) is 8.59. The first-order valence-electron chi connectivity index (χ1n) is 17.6. The summed E-state index contributed by atoms with van der Waals surface area (Å²) in [5.41, 5.74) is 9.21. The van der Waals surface area contributed by atoms with Gasteiger partial charge in [-0.15, -0.1) is 0 Å². The zero-order chi connectivity index (χ0) is 33.5. The molecule has 0 amide bonds. The molecule has 0 N–H and O–H groups in total. The maximum atomic E-state index is 6.68. The van der Waals surface area contributed by atoms with Gasteiger partial charge in [0, 0.05) is 16.2 Å². The SMILES string of the molecule is c1ccc(-c2cc(-c3c4ccccc4c(-c4cccc5oc6c7ccccc7ccc6c45)c4ccccc34)c3ccc4ccccc4c3c2)cc1. The zero-order valence-electron chi connectivity index (χ0n) is 27.7. The van der Waals surface area contributed by atoms with Crippen molar-refractivity contribution in [1.82, 2.24) is 0 Å². The van der Waals surface area contributed by atoms with E-state index in [-0.39, 0.29) is 0 Å². The Labute approximate surface area is 294 Å². The van der Waals surface area contributed by atoms with Crippen LogP contribution in [0.3, 0.4) is 0 Å². The van der Waals surface area contributed by atoms with Gasteiger partial charge < -0.3 is 4.42 Å². The van der Waals surface area contributed by atoms with Crippen LogP contribution < -0.4 is 0 Å².